The van der Waals surface area contributed by atoms with Crippen molar-refractivity contribution in [3.8, 4) is 12.1 Å². The number of thiazole rings is 1. The average Bonchev–Trinajstić information content (AvgIpc) is 3.06. The molecular formula is C22H12Br2N4OS. The van der Waals surface area contributed by atoms with Gasteiger partial charge in [0, 0.05) is 8.95 Å². The van der Waals surface area contributed by atoms with Crippen molar-refractivity contribution >= 4 is 60.7 Å². The lowest BCUT2D eigenvalue weighted by atomic mass is 9.84. The van der Waals surface area contributed by atoms with Crippen molar-refractivity contribution in [2.24, 2.45) is 5.73 Å². The van der Waals surface area contributed by atoms with Gasteiger partial charge < -0.3 is 5.73 Å². The van der Waals surface area contributed by atoms with Crippen molar-refractivity contribution < 1.29 is 0 Å². The molecule has 0 fully saturated rings. The highest BCUT2D eigenvalue weighted by molar-refractivity contribution is 9.10. The van der Waals surface area contributed by atoms with Crippen molar-refractivity contribution in [3.05, 3.63) is 93.7 Å². The molecule has 1 aliphatic rings. The van der Waals surface area contributed by atoms with Gasteiger partial charge in [0.25, 0.3) is 5.56 Å². The molecule has 0 radical (unpaired) electrons. The Hall–Kier alpha value is -2.91. The van der Waals surface area contributed by atoms with E-state index in [9.17, 15) is 15.3 Å². The van der Waals surface area contributed by atoms with Crippen LogP contribution >= 0.6 is 43.2 Å². The van der Waals surface area contributed by atoms with Crippen LogP contribution in [0.2, 0.25) is 0 Å². The van der Waals surface area contributed by atoms with E-state index < -0.39 is 5.92 Å². The van der Waals surface area contributed by atoms with E-state index in [0.717, 1.165) is 20.1 Å². The Bertz CT molecular complexity index is 1450. The Balaban J connectivity index is 2.04. The average molecular weight is 540 g/mol. The minimum Gasteiger partial charge on any atom is -0.384 e. The second-order valence-corrected chi connectivity index (χ2v) is 9.39. The summed E-state index contributed by atoms with van der Waals surface area (Å²) < 4.78 is 3.99. The molecule has 2 heterocycles. The summed E-state index contributed by atoms with van der Waals surface area (Å²) in [6.07, 6.45) is 1.76. The summed E-state index contributed by atoms with van der Waals surface area (Å²) >= 11 is 7.99. The molecule has 0 aliphatic carbocycles. The number of nitriles is 2. The summed E-state index contributed by atoms with van der Waals surface area (Å²) in [6.45, 7) is 0. The molecule has 1 atom stereocenters. The topological polar surface area (TPSA) is 95.6 Å². The Morgan fingerprint density at radius 2 is 1.53 bits per heavy atom. The van der Waals surface area contributed by atoms with E-state index in [0.29, 0.717) is 14.8 Å². The number of fused-ring (bicyclic) bond motifs is 1. The standard InChI is InChI=1S/C22H12Br2N4OS/c23-14-5-1-12(2-6-14)9-18-21(29)28-20(27)16(10-25)19(17(11-26)22(28)30-18)13-3-7-15(24)8-4-13/h1-9,19H,27H2/b18-9+/t19-/m1/s1. The maximum Gasteiger partial charge on any atom is 0.274 e. The van der Waals surface area contributed by atoms with Gasteiger partial charge in [-0.2, -0.15) is 10.5 Å². The molecule has 8 heteroatoms. The number of rotatable bonds is 2. The third kappa shape index (κ3) is 3.44. The molecule has 5 nitrogen and oxygen atoms in total. The number of nitrogens with zero attached hydrogens (tertiary/aromatic N) is 3. The van der Waals surface area contributed by atoms with Gasteiger partial charge >= 0.3 is 0 Å². The molecule has 2 aromatic carbocycles. The summed E-state index contributed by atoms with van der Waals surface area (Å²) in [5.41, 5.74) is 8.07. The molecule has 1 aromatic heterocycles. The number of aromatic nitrogens is 1. The number of halogens is 2. The predicted octanol–water partition coefficient (Wildman–Crippen LogP) is 3.39. The minimum atomic E-state index is -0.619. The quantitative estimate of drug-likeness (QED) is 0.540. The van der Waals surface area contributed by atoms with E-state index in [2.05, 4.69) is 44.0 Å². The first-order valence-electron chi connectivity index (χ1n) is 8.73. The molecule has 1 aliphatic heterocycles. The highest BCUT2D eigenvalue weighted by Gasteiger charge is 2.32. The highest BCUT2D eigenvalue weighted by atomic mass is 79.9. The van der Waals surface area contributed by atoms with Gasteiger partial charge in [0.15, 0.2) is 0 Å². The lowest BCUT2D eigenvalue weighted by Gasteiger charge is -2.22. The van der Waals surface area contributed by atoms with Gasteiger partial charge in [0.05, 0.1) is 33.7 Å². The summed E-state index contributed by atoms with van der Waals surface area (Å²) in [4.78, 5) is 13.1. The van der Waals surface area contributed by atoms with Crippen LogP contribution in [0.25, 0.3) is 17.5 Å². The Morgan fingerprint density at radius 1 is 0.967 bits per heavy atom. The van der Waals surface area contributed by atoms with Crippen LogP contribution < -0.4 is 20.5 Å². The molecule has 3 aromatic rings. The van der Waals surface area contributed by atoms with Gasteiger partial charge in [-0.05, 0) is 41.5 Å². The lowest BCUT2D eigenvalue weighted by molar-refractivity contribution is 0.906. The summed E-state index contributed by atoms with van der Waals surface area (Å²) in [6, 6.07) is 19.2. The number of benzene rings is 2. The molecule has 0 saturated carbocycles. The molecule has 146 valence electrons. The lowest BCUT2D eigenvalue weighted by Crippen LogP contribution is -2.38. The van der Waals surface area contributed by atoms with Crippen LogP contribution in [0.1, 0.15) is 17.0 Å². The van der Waals surface area contributed by atoms with E-state index in [1.165, 1.54) is 15.9 Å². The first-order chi connectivity index (χ1) is 14.4. The number of nitrogens with two attached hydrogens (primary N) is 1. The van der Waals surface area contributed by atoms with Crippen LogP contribution in [0, 0.1) is 22.7 Å². The fraction of sp³-hybridized carbons (Fsp3) is 0.0455. The molecule has 0 amide bonds. The summed E-state index contributed by atoms with van der Waals surface area (Å²) in [7, 11) is 0. The van der Waals surface area contributed by atoms with E-state index in [4.69, 9.17) is 5.73 Å². The maximum absolute atomic E-state index is 13.1. The molecule has 30 heavy (non-hydrogen) atoms. The predicted molar refractivity (Wildman–Crippen MR) is 124 cm³/mol. The normalized spacial score (nSPS) is 16.2. The van der Waals surface area contributed by atoms with E-state index >= 15 is 0 Å². The number of hydrogen-bond acceptors (Lipinski definition) is 5. The zero-order valence-corrected chi connectivity index (χ0v) is 19.3. The third-order valence-corrected chi connectivity index (χ3v) is 6.93. The SMILES string of the molecule is N#CC1=C(N)n2c(s/c(=C/c3ccc(Br)cc3)c2=O)=C(C#N)[C@@H]1c1ccc(Br)cc1. The zero-order chi connectivity index (χ0) is 21.4. The molecule has 0 unspecified atom stereocenters. The van der Waals surface area contributed by atoms with Gasteiger partial charge in [-0.1, -0.05) is 56.1 Å². The van der Waals surface area contributed by atoms with Crippen molar-refractivity contribution in [1.82, 2.24) is 4.57 Å². The monoisotopic (exact) mass is 538 g/mol. The van der Waals surface area contributed by atoms with Crippen LogP contribution in [-0.2, 0) is 0 Å². The second-order valence-electron chi connectivity index (χ2n) is 6.53. The van der Waals surface area contributed by atoms with Crippen molar-refractivity contribution in [2.45, 2.75) is 5.92 Å². The Morgan fingerprint density at radius 3 is 2.10 bits per heavy atom. The Kier molecular flexibility index (Phi) is 5.48. The van der Waals surface area contributed by atoms with Crippen LogP contribution in [0.3, 0.4) is 0 Å². The van der Waals surface area contributed by atoms with Crippen molar-refractivity contribution in [3.63, 3.8) is 0 Å². The summed E-state index contributed by atoms with van der Waals surface area (Å²) in [5.74, 6) is -0.553. The third-order valence-electron chi connectivity index (χ3n) is 4.76. The first-order valence-corrected chi connectivity index (χ1v) is 11.1. The van der Waals surface area contributed by atoms with Crippen LogP contribution in [0.5, 0.6) is 0 Å². The molecule has 2 N–H and O–H groups in total. The Labute approximate surface area is 192 Å². The maximum atomic E-state index is 13.1. The molecular weight excluding hydrogens is 528 g/mol. The van der Waals surface area contributed by atoms with Crippen LogP contribution in [0.15, 0.2) is 67.8 Å². The van der Waals surface area contributed by atoms with Crippen molar-refractivity contribution in [1.29, 1.82) is 10.5 Å². The molecule has 0 saturated heterocycles. The van der Waals surface area contributed by atoms with Gasteiger partial charge in [0.2, 0.25) is 0 Å². The fourth-order valence-electron chi connectivity index (χ4n) is 3.35. The molecule has 0 bridgehead atoms. The minimum absolute atomic E-state index is 0.0659. The van der Waals surface area contributed by atoms with Crippen LogP contribution in [-0.4, -0.2) is 4.57 Å². The van der Waals surface area contributed by atoms with E-state index in [-0.39, 0.29) is 17.0 Å². The molecule has 0 spiro atoms. The van der Waals surface area contributed by atoms with Crippen molar-refractivity contribution in [2.75, 3.05) is 0 Å². The second kappa shape index (κ2) is 8.08. The molecule has 4 rings (SSSR count). The van der Waals surface area contributed by atoms with Gasteiger partial charge in [-0.3, -0.25) is 9.36 Å². The van der Waals surface area contributed by atoms with E-state index in [1.54, 1.807) is 6.08 Å². The summed E-state index contributed by atoms with van der Waals surface area (Å²) in [5, 5.41) is 19.8. The van der Waals surface area contributed by atoms with Crippen LogP contribution in [0.4, 0.5) is 0 Å². The first kappa shape index (κ1) is 20.4. The van der Waals surface area contributed by atoms with Gasteiger partial charge in [0.1, 0.15) is 10.5 Å². The van der Waals surface area contributed by atoms with Gasteiger partial charge in [-0.15, -0.1) is 11.3 Å². The highest BCUT2D eigenvalue weighted by Crippen LogP contribution is 2.35. The van der Waals surface area contributed by atoms with Gasteiger partial charge in [-0.25, -0.2) is 0 Å². The number of hydrogen-bond donors (Lipinski definition) is 1. The smallest absolute Gasteiger partial charge is 0.274 e. The largest absolute Gasteiger partial charge is 0.384 e. The zero-order valence-electron chi connectivity index (χ0n) is 15.3. The van der Waals surface area contributed by atoms with E-state index in [1.807, 2.05) is 48.5 Å². The fourth-order valence-corrected chi connectivity index (χ4v) is 5.01. The number of allylic oxidation sites excluding steroid dienone is 1.